The lowest BCUT2D eigenvalue weighted by atomic mass is 9.95. The molecule has 8 nitrogen and oxygen atoms in total. The SMILES string of the molecule is O=C1CC(CCO)CC(=O)N(CCO)C(=O)N1CO. The molecule has 1 aliphatic rings. The van der Waals surface area contributed by atoms with Crippen LogP contribution in [0.25, 0.3) is 0 Å². The van der Waals surface area contributed by atoms with E-state index in [0.29, 0.717) is 4.90 Å². The molecule has 8 heteroatoms. The summed E-state index contributed by atoms with van der Waals surface area (Å²) in [4.78, 5) is 36.9. The minimum atomic E-state index is -0.922. The summed E-state index contributed by atoms with van der Waals surface area (Å²) in [6, 6.07) is -0.922. The number of rotatable bonds is 5. The molecule has 1 heterocycles. The van der Waals surface area contributed by atoms with Crippen molar-refractivity contribution in [3.05, 3.63) is 0 Å². The van der Waals surface area contributed by atoms with E-state index in [0.717, 1.165) is 4.90 Å². The highest BCUT2D eigenvalue weighted by atomic mass is 16.3. The van der Waals surface area contributed by atoms with Crippen LogP contribution in [0.15, 0.2) is 0 Å². The molecule has 1 saturated heterocycles. The molecule has 1 aliphatic heterocycles. The highest BCUT2D eigenvalue weighted by Crippen LogP contribution is 2.20. The highest BCUT2D eigenvalue weighted by Gasteiger charge is 2.35. The van der Waals surface area contributed by atoms with Crippen LogP contribution in [0.2, 0.25) is 0 Å². The van der Waals surface area contributed by atoms with Crippen molar-refractivity contribution in [2.24, 2.45) is 5.92 Å². The summed E-state index contributed by atoms with van der Waals surface area (Å²) < 4.78 is 0. The van der Waals surface area contributed by atoms with E-state index in [1.165, 1.54) is 0 Å². The van der Waals surface area contributed by atoms with E-state index >= 15 is 0 Å². The third-order valence-electron chi connectivity index (χ3n) is 2.99. The third-order valence-corrected chi connectivity index (χ3v) is 2.99. The van der Waals surface area contributed by atoms with Crippen LogP contribution in [0.4, 0.5) is 4.79 Å². The molecule has 0 bridgehead atoms. The van der Waals surface area contributed by atoms with Crippen LogP contribution in [0.5, 0.6) is 0 Å². The molecule has 0 saturated carbocycles. The number of β-amino-alcohol motifs (C(OH)–C–C–N with tert-alkyl or cyclic N) is 1. The summed E-state index contributed by atoms with van der Waals surface area (Å²) >= 11 is 0. The summed E-state index contributed by atoms with van der Waals surface area (Å²) in [5, 5.41) is 26.8. The number of hydrogen-bond donors (Lipinski definition) is 3. The molecule has 0 aliphatic carbocycles. The van der Waals surface area contributed by atoms with Gasteiger partial charge in [-0.05, 0) is 12.3 Å². The van der Waals surface area contributed by atoms with Gasteiger partial charge in [-0.3, -0.25) is 14.5 Å². The maximum Gasteiger partial charge on any atom is 0.335 e. The number of aliphatic hydroxyl groups is 3. The first-order valence-corrected chi connectivity index (χ1v) is 6.02. The molecule has 4 amide bonds. The van der Waals surface area contributed by atoms with Gasteiger partial charge in [0.15, 0.2) is 0 Å². The van der Waals surface area contributed by atoms with Crippen LogP contribution in [0.1, 0.15) is 19.3 Å². The van der Waals surface area contributed by atoms with Crippen molar-refractivity contribution in [3.8, 4) is 0 Å². The smallest absolute Gasteiger partial charge is 0.335 e. The fraction of sp³-hybridized carbons (Fsp3) is 0.727. The fourth-order valence-electron chi connectivity index (χ4n) is 1.99. The lowest BCUT2D eigenvalue weighted by Gasteiger charge is -2.31. The zero-order valence-electron chi connectivity index (χ0n) is 10.5. The van der Waals surface area contributed by atoms with Gasteiger partial charge < -0.3 is 15.3 Å². The Kier molecular flexibility index (Phi) is 5.87. The van der Waals surface area contributed by atoms with Gasteiger partial charge in [0.2, 0.25) is 11.8 Å². The number of urea groups is 1. The third kappa shape index (κ3) is 3.72. The zero-order chi connectivity index (χ0) is 14.4. The topological polar surface area (TPSA) is 118 Å². The standard InChI is InChI=1S/C11H18N2O6/c14-3-1-8-5-9(17)12(2-4-15)11(19)13(7-16)10(18)6-8/h8,14-16H,1-7H2. The molecule has 0 aromatic heterocycles. The molecule has 1 rings (SSSR count). The van der Waals surface area contributed by atoms with Crippen molar-refractivity contribution < 1.29 is 29.7 Å². The lowest BCUT2D eigenvalue weighted by Crippen LogP contribution is -2.52. The summed E-state index contributed by atoms with van der Waals surface area (Å²) in [7, 11) is 0. The molecule has 1 fully saturated rings. The number of carbonyl (C=O) groups is 3. The van der Waals surface area contributed by atoms with Crippen LogP contribution in [-0.4, -0.2) is 69.5 Å². The van der Waals surface area contributed by atoms with Crippen LogP contribution < -0.4 is 0 Å². The van der Waals surface area contributed by atoms with Gasteiger partial charge >= 0.3 is 6.03 Å². The van der Waals surface area contributed by atoms with Gasteiger partial charge in [-0.1, -0.05) is 0 Å². The zero-order valence-corrected chi connectivity index (χ0v) is 10.5. The maximum atomic E-state index is 11.9. The van der Waals surface area contributed by atoms with Crippen molar-refractivity contribution in [2.45, 2.75) is 19.3 Å². The van der Waals surface area contributed by atoms with Gasteiger partial charge in [-0.25, -0.2) is 9.69 Å². The molecule has 108 valence electrons. The molecule has 19 heavy (non-hydrogen) atoms. The van der Waals surface area contributed by atoms with E-state index in [1.807, 2.05) is 0 Å². The summed E-state index contributed by atoms with van der Waals surface area (Å²) in [5.74, 6) is -1.50. The summed E-state index contributed by atoms with van der Waals surface area (Å²) in [5.41, 5.74) is 0. The van der Waals surface area contributed by atoms with Gasteiger partial charge in [0.05, 0.1) is 13.2 Å². The molecule has 0 radical (unpaired) electrons. The minimum Gasteiger partial charge on any atom is -0.396 e. The molecule has 3 N–H and O–H groups in total. The monoisotopic (exact) mass is 274 g/mol. The van der Waals surface area contributed by atoms with Crippen LogP contribution in [0, 0.1) is 5.92 Å². The Morgan fingerprint density at radius 3 is 2.00 bits per heavy atom. The van der Waals surface area contributed by atoms with Crippen molar-refractivity contribution >= 4 is 17.8 Å². The van der Waals surface area contributed by atoms with E-state index in [2.05, 4.69) is 0 Å². The van der Waals surface area contributed by atoms with Crippen LogP contribution >= 0.6 is 0 Å². The average Bonchev–Trinajstić information content (AvgIpc) is 2.35. The van der Waals surface area contributed by atoms with Gasteiger partial charge in [-0.15, -0.1) is 0 Å². The fourth-order valence-corrected chi connectivity index (χ4v) is 1.99. The Labute approximate surface area is 110 Å². The molecule has 1 atom stereocenters. The molecule has 0 aromatic rings. The Bertz CT molecular complexity index is 359. The summed E-state index contributed by atoms with van der Waals surface area (Å²) in [6.07, 6.45) is 0.140. The molecular weight excluding hydrogens is 256 g/mol. The number of hydrogen-bond acceptors (Lipinski definition) is 6. The lowest BCUT2D eigenvalue weighted by molar-refractivity contribution is -0.138. The van der Waals surface area contributed by atoms with E-state index < -0.39 is 31.2 Å². The summed E-state index contributed by atoms with van der Waals surface area (Å²) in [6.45, 7) is -1.64. The van der Waals surface area contributed by atoms with Crippen molar-refractivity contribution in [2.75, 3.05) is 26.5 Å². The molecular formula is C11H18N2O6. The van der Waals surface area contributed by atoms with E-state index in [4.69, 9.17) is 15.3 Å². The van der Waals surface area contributed by atoms with E-state index in [9.17, 15) is 14.4 Å². The Morgan fingerprint density at radius 1 is 0.947 bits per heavy atom. The second-order valence-corrected chi connectivity index (χ2v) is 4.30. The molecule has 0 aromatic carbocycles. The predicted molar refractivity (Wildman–Crippen MR) is 62.6 cm³/mol. The predicted octanol–water partition coefficient (Wildman–Crippen LogP) is -1.50. The Morgan fingerprint density at radius 2 is 1.53 bits per heavy atom. The Hall–Kier alpha value is -1.51. The largest absolute Gasteiger partial charge is 0.396 e. The highest BCUT2D eigenvalue weighted by molar-refractivity contribution is 6.03. The quantitative estimate of drug-likeness (QED) is 0.561. The van der Waals surface area contributed by atoms with Gasteiger partial charge in [0.1, 0.15) is 6.73 Å². The van der Waals surface area contributed by atoms with Crippen LogP contribution in [0.3, 0.4) is 0 Å². The number of aliphatic hydroxyl groups excluding tert-OH is 3. The maximum absolute atomic E-state index is 11.9. The normalized spacial score (nSPS) is 21.6. The number of amides is 4. The van der Waals surface area contributed by atoms with Gasteiger partial charge in [0, 0.05) is 19.4 Å². The second-order valence-electron chi connectivity index (χ2n) is 4.30. The first kappa shape index (κ1) is 15.5. The van der Waals surface area contributed by atoms with E-state index in [1.54, 1.807) is 0 Å². The Balaban J connectivity index is 2.97. The van der Waals surface area contributed by atoms with Crippen molar-refractivity contribution in [3.63, 3.8) is 0 Å². The first-order valence-electron chi connectivity index (χ1n) is 6.02. The van der Waals surface area contributed by atoms with Crippen LogP contribution in [-0.2, 0) is 9.59 Å². The molecule has 1 unspecified atom stereocenters. The number of carbonyl (C=O) groups excluding carboxylic acids is 3. The van der Waals surface area contributed by atoms with E-state index in [-0.39, 0.29) is 38.3 Å². The van der Waals surface area contributed by atoms with Gasteiger partial charge in [0.25, 0.3) is 0 Å². The number of imide groups is 2. The van der Waals surface area contributed by atoms with Gasteiger partial charge in [-0.2, -0.15) is 0 Å². The first-order chi connectivity index (χ1) is 9.04. The minimum absolute atomic E-state index is 0.0443. The van der Waals surface area contributed by atoms with Crippen molar-refractivity contribution in [1.82, 2.24) is 9.80 Å². The molecule has 0 spiro atoms. The average molecular weight is 274 g/mol. The van der Waals surface area contributed by atoms with Crippen molar-refractivity contribution in [1.29, 1.82) is 0 Å². The number of nitrogens with zero attached hydrogens (tertiary/aromatic N) is 2. The second kappa shape index (κ2) is 7.17.